The van der Waals surface area contributed by atoms with E-state index < -0.39 is 12.6 Å². The lowest BCUT2D eigenvalue weighted by Crippen LogP contribution is -2.42. The van der Waals surface area contributed by atoms with E-state index in [0.717, 1.165) is 94.0 Å². The topological polar surface area (TPSA) is 85.5 Å². The maximum absolute atomic E-state index is 13.0. The SMILES string of the molecule is COSN1CCC2(CCN(CCn3c(C#N)cc4c(C)c(CN5CCC(Nc6ncnc7sc(CC(F)(F)F)cc67)CC5)ccc43)CC2)C1. The van der Waals surface area contributed by atoms with Gasteiger partial charge in [0, 0.05) is 67.6 Å². The zero-order chi connectivity index (χ0) is 34.2. The van der Waals surface area contributed by atoms with Crippen molar-refractivity contribution in [2.75, 3.05) is 58.2 Å². The number of thiophene rings is 1. The molecule has 0 aliphatic carbocycles. The van der Waals surface area contributed by atoms with E-state index in [1.165, 1.54) is 48.9 Å². The van der Waals surface area contributed by atoms with Gasteiger partial charge in [-0.2, -0.15) is 18.4 Å². The molecule has 0 bridgehead atoms. The average Bonchev–Trinajstić information content (AvgIpc) is 3.78. The summed E-state index contributed by atoms with van der Waals surface area (Å²) >= 11 is 2.56. The van der Waals surface area contributed by atoms with E-state index in [1.54, 1.807) is 13.2 Å². The van der Waals surface area contributed by atoms with Gasteiger partial charge in [0.1, 0.15) is 28.7 Å². The highest BCUT2D eigenvalue weighted by atomic mass is 32.2. The predicted molar refractivity (Wildman–Crippen MR) is 189 cm³/mol. The van der Waals surface area contributed by atoms with Gasteiger partial charge in [-0.25, -0.2) is 14.3 Å². The van der Waals surface area contributed by atoms with Crippen molar-refractivity contribution < 1.29 is 17.4 Å². The molecule has 1 aromatic carbocycles. The third kappa shape index (κ3) is 7.72. The molecule has 0 amide bonds. The highest BCUT2D eigenvalue weighted by Gasteiger charge is 2.41. The Morgan fingerprint density at radius 2 is 1.82 bits per heavy atom. The Morgan fingerprint density at radius 3 is 2.55 bits per heavy atom. The Kier molecular flexibility index (Phi) is 10.1. The van der Waals surface area contributed by atoms with Gasteiger partial charge in [-0.3, -0.25) is 4.90 Å². The first-order valence-corrected chi connectivity index (χ1v) is 18.6. The monoisotopic (exact) mass is 712 g/mol. The first-order valence-electron chi connectivity index (χ1n) is 17.1. The van der Waals surface area contributed by atoms with Crippen LogP contribution < -0.4 is 5.32 Å². The number of rotatable bonds is 10. The normalized spacial score (nSPS) is 19.8. The number of fused-ring (bicyclic) bond motifs is 2. The van der Waals surface area contributed by atoms with Crippen LogP contribution in [0.25, 0.3) is 21.1 Å². The van der Waals surface area contributed by atoms with E-state index in [1.807, 2.05) is 0 Å². The van der Waals surface area contributed by atoms with Gasteiger partial charge in [0.15, 0.2) is 0 Å². The second kappa shape index (κ2) is 14.4. The minimum atomic E-state index is -4.25. The van der Waals surface area contributed by atoms with Crippen molar-refractivity contribution in [2.24, 2.45) is 5.41 Å². The number of aryl methyl sites for hydroxylation is 1. The van der Waals surface area contributed by atoms with E-state index in [-0.39, 0.29) is 10.9 Å². The fraction of sp³-hybridized carbons (Fsp3) is 0.571. The van der Waals surface area contributed by atoms with Crippen molar-refractivity contribution in [2.45, 2.75) is 70.8 Å². The Labute approximate surface area is 293 Å². The lowest BCUT2D eigenvalue weighted by atomic mass is 9.78. The summed E-state index contributed by atoms with van der Waals surface area (Å²) in [6, 6.07) is 10.7. The molecule has 3 aromatic heterocycles. The molecule has 3 aliphatic heterocycles. The molecule has 0 radical (unpaired) electrons. The Morgan fingerprint density at radius 1 is 1.04 bits per heavy atom. The van der Waals surface area contributed by atoms with Crippen LogP contribution in [0.1, 0.15) is 53.8 Å². The lowest BCUT2D eigenvalue weighted by Gasteiger charge is -2.39. The second-order valence-electron chi connectivity index (χ2n) is 13.9. The lowest BCUT2D eigenvalue weighted by molar-refractivity contribution is -0.126. The van der Waals surface area contributed by atoms with Crippen LogP contribution in [-0.2, 0) is 23.7 Å². The van der Waals surface area contributed by atoms with Crippen LogP contribution in [-0.4, -0.2) is 93.8 Å². The minimum absolute atomic E-state index is 0.184. The summed E-state index contributed by atoms with van der Waals surface area (Å²) in [6.07, 6.45) is 1.71. The van der Waals surface area contributed by atoms with Crippen molar-refractivity contribution in [3.63, 3.8) is 0 Å². The molecule has 3 saturated heterocycles. The quantitative estimate of drug-likeness (QED) is 0.138. The first-order chi connectivity index (χ1) is 23.6. The second-order valence-corrected chi connectivity index (χ2v) is 16.0. The van der Waals surface area contributed by atoms with Crippen LogP contribution in [0, 0.1) is 23.7 Å². The van der Waals surface area contributed by atoms with Crippen LogP contribution in [0.15, 0.2) is 30.6 Å². The Bertz CT molecular complexity index is 1820. The summed E-state index contributed by atoms with van der Waals surface area (Å²) in [6.45, 7) is 11.0. The number of hydrogen-bond acceptors (Lipinski definition) is 10. The van der Waals surface area contributed by atoms with Crippen molar-refractivity contribution >= 4 is 50.5 Å². The molecule has 0 saturated carbocycles. The molecule has 14 heteroatoms. The number of nitriles is 1. The molecule has 3 fully saturated rings. The van der Waals surface area contributed by atoms with Crippen molar-refractivity contribution in [3.05, 3.63) is 52.3 Å². The average molecular weight is 713 g/mol. The predicted octanol–water partition coefficient (Wildman–Crippen LogP) is 7.00. The van der Waals surface area contributed by atoms with E-state index >= 15 is 0 Å². The summed E-state index contributed by atoms with van der Waals surface area (Å²) in [4.78, 5) is 14.4. The van der Waals surface area contributed by atoms with Gasteiger partial charge < -0.3 is 19.0 Å². The number of aromatic nitrogens is 3. The maximum atomic E-state index is 13.0. The Hall–Kier alpha value is -2.93. The summed E-state index contributed by atoms with van der Waals surface area (Å²) < 4.78 is 48.7. The molecule has 6 heterocycles. The number of alkyl halides is 3. The number of anilines is 1. The molecular formula is C35H43F3N8OS2. The highest BCUT2D eigenvalue weighted by molar-refractivity contribution is 7.92. The first kappa shape index (κ1) is 34.5. The fourth-order valence-electron chi connectivity index (χ4n) is 7.96. The molecule has 1 spiro atoms. The number of benzene rings is 1. The number of nitrogens with one attached hydrogen (secondary N) is 1. The molecule has 3 aliphatic rings. The van der Waals surface area contributed by atoms with Gasteiger partial charge in [0.05, 0.1) is 31.1 Å². The Balaban J connectivity index is 0.943. The van der Waals surface area contributed by atoms with Gasteiger partial charge in [0.25, 0.3) is 0 Å². The summed E-state index contributed by atoms with van der Waals surface area (Å²) in [5, 5.41) is 15.4. The number of piperidine rings is 2. The van der Waals surface area contributed by atoms with Gasteiger partial charge >= 0.3 is 6.18 Å². The smallest absolute Gasteiger partial charge is 0.367 e. The van der Waals surface area contributed by atoms with Crippen molar-refractivity contribution in [1.29, 1.82) is 5.26 Å². The molecule has 0 unspecified atom stereocenters. The van der Waals surface area contributed by atoms with Crippen LogP contribution in [0.5, 0.6) is 0 Å². The fourth-order valence-corrected chi connectivity index (χ4v) is 9.69. The third-order valence-corrected chi connectivity index (χ3v) is 12.5. The van der Waals surface area contributed by atoms with Crippen LogP contribution >= 0.6 is 23.6 Å². The molecule has 262 valence electrons. The van der Waals surface area contributed by atoms with Crippen LogP contribution in [0.4, 0.5) is 19.0 Å². The van der Waals surface area contributed by atoms with E-state index in [2.05, 4.69) is 65.1 Å². The molecule has 0 atom stereocenters. The molecular weight excluding hydrogens is 670 g/mol. The van der Waals surface area contributed by atoms with Crippen LogP contribution in [0.3, 0.4) is 0 Å². The van der Waals surface area contributed by atoms with E-state index in [0.29, 0.717) is 27.1 Å². The van der Waals surface area contributed by atoms with E-state index in [9.17, 15) is 18.4 Å². The highest BCUT2D eigenvalue weighted by Crippen LogP contribution is 2.42. The largest absolute Gasteiger partial charge is 0.393 e. The zero-order valence-corrected chi connectivity index (χ0v) is 29.7. The van der Waals surface area contributed by atoms with Gasteiger partial charge in [-0.15, -0.1) is 11.3 Å². The molecule has 49 heavy (non-hydrogen) atoms. The van der Waals surface area contributed by atoms with E-state index in [4.69, 9.17) is 4.18 Å². The standard InChI is InChI=1S/C35H43F3N8OS2/c1-24-25(21-44-10-5-26(6-11-44)42-32-30-18-28(19-35(36,37)38)48-33(30)41-23-40-32)3-4-31-29(24)17-27(20-39)46(31)16-15-43-12-7-34(8-13-43)9-14-45(22-34)49-47-2/h3-4,17-18,23,26H,5-16,19,21-22H2,1-2H3,(H,40,41,42). The molecule has 9 nitrogen and oxygen atoms in total. The van der Waals surface area contributed by atoms with Crippen molar-refractivity contribution in [1.82, 2.24) is 28.6 Å². The van der Waals surface area contributed by atoms with Gasteiger partial charge in [-0.05, 0) is 86.9 Å². The van der Waals surface area contributed by atoms with Crippen LogP contribution in [0.2, 0.25) is 0 Å². The summed E-state index contributed by atoms with van der Waals surface area (Å²) in [5.74, 6) is 0.610. The summed E-state index contributed by atoms with van der Waals surface area (Å²) in [5.41, 5.74) is 4.75. The molecule has 1 N–H and O–H groups in total. The number of nitrogens with zero attached hydrogens (tertiary/aromatic N) is 7. The van der Waals surface area contributed by atoms with Gasteiger partial charge in [0.2, 0.25) is 0 Å². The summed E-state index contributed by atoms with van der Waals surface area (Å²) in [7, 11) is 1.74. The third-order valence-electron chi connectivity index (χ3n) is 10.8. The number of halogens is 3. The van der Waals surface area contributed by atoms with Gasteiger partial charge in [-0.1, -0.05) is 6.07 Å². The molecule has 7 rings (SSSR count). The number of likely N-dealkylation sites (tertiary alicyclic amines) is 2. The number of hydrogen-bond donors (Lipinski definition) is 1. The molecule has 4 aromatic rings. The maximum Gasteiger partial charge on any atom is 0.393 e. The minimum Gasteiger partial charge on any atom is -0.367 e. The zero-order valence-electron chi connectivity index (χ0n) is 28.1. The van der Waals surface area contributed by atoms with Crippen molar-refractivity contribution in [3.8, 4) is 6.07 Å².